The van der Waals surface area contributed by atoms with Gasteiger partial charge >= 0.3 is 0 Å². The second kappa shape index (κ2) is 5.49. The molecule has 3 rings (SSSR count). The number of nitrogens with two attached hydrogens (primary N) is 1. The van der Waals surface area contributed by atoms with E-state index < -0.39 is 0 Å². The molecule has 0 saturated carbocycles. The van der Waals surface area contributed by atoms with Crippen molar-refractivity contribution < 1.29 is 4.74 Å². The number of hydrogen-bond donors (Lipinski definition) is 1. The molecule has 0 fully saturated rings. The minimum Gasteiger partial charge on any atom is -0.496 e. The molecule has 0 unspecified atom stereocenters. The molecule has 1 aromatic carbocycles. The molecule has 108 valence electrons. The Balaban J connectivity index is 1.96. The number of nitrogens with zero attached hydrogens (tertiary/aromatic N) is 4. The smallest absolute Gasteiger partial charge is 0.264 e. The number of aromatic nitrogens is 4. The molecule has 0 atom stereocenters. The van der Waals surface area contributed by atoms with Gasteiger partial charge in [0.05, 0.1) is 19.0 Å². The van der Waals surface area contributed by atoms with Crippen molar-refractivity contribution in [2.24, 2.45) is 0 Å². The van der Waals surface area contributed by atoms with E-state index in [-0.39, 0.29) is 5.56 Å². The van der Waals surface area contributed by atoms with E-state index in [1.54, 1.807) is 16.7 Å². The highest BCUT2D eigenvalue weighted by Crippen LogP contribution is 2.20. The van der Waals surface area contributed by atoms with Crippen molar-refractivity contribution in [1.82, 2.24) is 19.7 Å². The molecule has 8 heteroatoms. The lowest BCUT2D eigenvalue weighted by molar-refractivity contribution is 0.419. The topological polar surface area (TPSA) is 95.9 Å². The standard InChI is InChI=1S/C13H13N5O2S/c1-20-9-4-2-3-8-11(9)12(19)18(7-15-8)6-5-10-16-17-13(14)21-10/h2-4,7H,5-6H2,1H3,(H2,14,17). The average Bonchev–Trinajstić information content (AvgIpc) is 2.91. The molecule has 0 aliphatic carbocycles. The van der Waals surface area contributed by atoms with Gasteiger partial charge in [-0.25, -0.2) is 4.98 Å². The highest BCUT2D eigenvalue weighted by atomic mass is 32.1. The predicted octanol–water partition coefficient (Wildman–Crippen LogP) is 1.08. The fourth-order valence-electron chi connectivity index (χ4n) is 2.08. The third kappa shape index (κ3) is 2.57. The van der Waals surface area contributed by atoms with Gasteiger partial charge < -0.3 is 10.5 Å². The largest absolute Gasteiger partial charge is 0.496 e. The lowest BCUT2D eigenvalue weighted by Gasteiger charge is -2.08. The third-order valence-electron chi connectivity index (χ3n) is 3.08. The van der Waals surface area contributed by atoms with Crippen molar-refractivity contribution in [2.45, 2.75) is 13.0 Å². The first-order valence-electron chi connectivity index (χ1n) is 6.29. The summed E-state index contributed by atoms with van der Waals surface area (Å²) in [6.07, 6.45) is 2.12. The summed E-state index contributed by atoms with van der Waals surface area (Å²) in [6.45, 7) is 0.467. The van der Waals surface area contributed by atoms with E-state index in [2.05, 4.69) is 15.2 Å². The Morgan fingerprint density at radius 1 is 1.38 bits per heavy atom. The molecule has 0 spiro atoms. The monoisotopic (exact) mass is 303 g/mol. The fraction of sp³-hybridized carbons (Fsp3) is 0.231. The Bertz CT molecular complexity index is 842. The van der Waals surface area contributed by atoms with Crippen LogP contribution in [0.5, 0.6) is 5.75 Å². The Morgan fingerprint density at radius 3 is 2.95 bits per heavy atom. The summed E-state index contributed by atoms with van der Waals surface area (Å²) in [6, 6.07) is 5.35. The summed E-state index contributed by atoms with van der Waals surface area (Å²) in [5.74, 6) is 0.527. The quantitative estimate of drug-likeness (QED) is 0.775. The van der Waals surface area contributed by atoms with E-state index in [1.165, 1.54) is 24.8 Å². The van der Waals surface area contributed by atoms with Crippen molar-refractivity contribution in [3.63, 3.8) is 0 Å². The number of anilines is 1. The maximum absolute atomic E-state index is 12.5. The molecule has 3 aromatic rings. The highest BCUT2D eigenvalue weighted by Gasteiger charge is 2.10. The number of rotatable bonds is 4. The molecule has 2 heterocycles. The zero-order valence-electron chi connectivity index (χ0n) is 11.3. The molecule has 0 bridgehead atoms. The van der Waals surface area contributed by atoms with Crippen LogP contribution in [0.1, 0.15) is 5.01 Å². The summed E-state index contributed by atoms with van der Waals surface area (Å²) in [7, 11) is 1.54. The molecule has 0 aliphatic heterocycles. The number of hydrogen-bond acceptors (Lipinski definition) is 7. The van der Waals surface area contributed by atoms with Crippen LogP contribution in [-0.4, -0.2) is 26.9 Å². The number of ether oxygens (including phenoxy) is 1. The van der Waals surface area contributed by atoms with Crippen LogP contribution >= 0.6 is 11.3 Å². The molecule has 0 saturated heterocycles. The Morgan fingerprint density at radius 2 is 2.24 bits per heavy atom. The van der Waals surface area contributed by atoms with E-state index in [4.69, 9.17) is 10.5 Å². The molecule has 2 aromatic heterocycles. The van der Waals surface area contributed by atoms with Gasteiger partial charge in [0.15, 0.2) is 0 Å². The van der Waals surface area contributed by atoms with Gasteiger partial charge in [0.25, 0.3) is 5.56 Å². The SMILES string of the molecule is COc1cccc2ncn(CCc3nnc(N)s3)c(=O)c12. The number of benzene rings is 1. The molecule has 0 radical (unpaired) electrons. The summed E-state index contributed by atoms with van der Waals surface area (Å²) >= 11 is 1.32. The van der Waals surface area contributed by atoms with Crippen LogP contribution in [0.15, 0.2) is 29.3 Å². The van der Waals surface area contributed by atoms with Crippen LogP contribution in [0.2, 0.25) is 0 Å². The van der Waals surface area contributed by atoms with Crippen molar-refractivity contribution in [2.75, 3.05) is 12.8 Å². The number of methoxy groups -OCH3 is 1. The Kier molecular flexibility index (Phi) is 3.53. The molecule has 7 nitrogen and oxygen atoms in total. The summed E-state index contributed by atoms with van der Waals surface area (Å²) in [4.78, 5) is 16.8. The second-order valence-electron chi connectivity index (χ2n) is 4.38. The lowest BCUT2D eigenvalue weighted by Crippen LogP contribution is -2.22. The zero-order valence-corrected chi connectivity index (χ0v) is 12.1. The molecule has 21 heavy (non-hydrogen) atoms. The summed E-state index contributed by atoms with van der Waals surface area (Å²) in [5.41, 5.74) is 6.03. The molecular weight excluding hydrogens is 290 g/mol. The van der Waals surface area contributed by atoms with E-state index in [1.807, 2.05) is 6.07 Å². The lowest BCUT2D eigenvalue weighted by atomic mass is 10.2. The van der Waals surface area contributed by atoms with Crippen LogP contribution in [-0.2, 0) is 13.0 Å². The summed E-state index contributed by atoms with van der Waals surface area (Å²) in [5, 5.41) is 9.39. The predicted molar refractivity (Wildman–Crippen MR) is 80.6 cm³/mol. The normalized spacial score (nSPS) is 10.9. The van der Waals surface area contributed by atoms with Gasteiger partial charge in [-0.1, -0.05) is 17.4 Å². The zero-order chi connectivity index (χ0) is 14.8. The van der Waals surface area contributed by atoms with E-state index in [9.17, 15) is 4.79 Å². The minimum atomic E-state index is -0.130. The first-order valence-corrected chi connectivity index (χ1v) is 7.10. The van der Waals surface area contributed by atoms with E-state index in [0.29, 0.717) is 34.7 Å². The van der Waals surface area contributed by atoms with Gasteiger partial charge in [-0.15, -0.1) is 10.2 Å². The fourth-order valence-corrected chi connectivity index (χ4v) is 2.68. The van der Waals surface area contributed by atoms with Crippen molar-refractivity contribution >= 4 is 27.4 Å². The van der Waals surface area contributed by atoms with Crippen LogP contribution < -0.4 is 16.0 Å². The van der Waals surface area contributed by atoms with Crippen LogP contribution in [0.3, 0.4) is 0 Å². The minimum absolute atomic E-state index is 0.130. The van der Waals surface area contributed by atoms with Gasteiger partial charge in [-0.3, -0.25) is 9.36 Å². The summed E-state index contributed by atoms with van der Waals surface area (Å²) < 4.78 is 6.78. The Labute approximate surface area is 124 Å². The average molecular weight is 303 g/mol. The number of aryl methyl sites for hydroxylation is 2. The number of nitrogen functional groups attached to an aromatic ring is 1. The van der Waals surface area contributed by atoms with Gasteiger partial charge in [0.1, 0.15) is 16.1 Å². The van der Waals surface area contributed by atoms with Crippen LogP contribution in [0.4, 0.5) is 5.13 Å². The van der Waals surface area contributed by atoms with E-state index >= 15 is 0 Å². The van der Waals surface area contributed by atoms with Gasteiger partial charge in [0, 0.05) is 13.0 Å². The number of fused-ring (bicyclic) bond motifs is 1. The van der Waals surface area contributed by atoms with Gasteiger partial charge in [0.2, 0.25) is 5.13 Å². The van der Waals surface area contributed by atoms with Gasteiger partial charge in [-0.05, 0) is 12.1 Å². The maximum atomic E-state index is 12.5. The third-order valence-corrected chi connectivity index (χ3v) is 3.90. The molecule has 0 amide bonds. The van der Waals surface area contributed by atoms with Crippen molar-refractivity contribution in [1.29, 1.82) is 0 Å². The first-order chi connectivity index (χ1) is 10.2. The molecular formula is C13H13N5O2S. The Hall–Kier alpha value is -2.48. The highest BCUT2D eigenvalue weighted by molar-refractivity contribution is 7.15. The van der Waals surface area contributed by atoms with Crippen LogP contribution in [0.25, 0.3) is 10.9 Å². The van der Waals surface area contributed by atoms with Crippen molar-refractivity contribution in [3.8, 4) is 5.75 Å². The van der Waals surface area contributed by atoms with Crippen LogP contribution in [0, 0.1) is 0 Å². The second-order valence-corrected chi connectivity index (χ2v) is 5.48. The van der Waals surface area contributed by atoms with E-state index in [0.717, 1.165) is 5.01 Å². The van der Waals surface area contributed by atoms with Gasteiger partial charge in [-0.2, -0.15) is 0 Å². The molecule has 2 N–H and O–H groups in total. The van der Waals surface area contributed by atoms with Crippen molar-refractivity contribution in [3.05, 3.63) is 39.9 Å². The molecule has 0 aliphatic rings. The maximum Gasteiger partial charge on any atom is 0.264 e. The first kappa shape index (κ1) is 13.5.